The van der Waals surface area contributed by atoms with Crippen LogP contribution in [0.15, 0.2) is 36.7 Å². The summed E-state index contributed by atoms with van der Waals surface area (Å²) >= 11 is 0. The van der Waals surface area contributed by atoms with Gasteiger partial charge in [-0.3, -0.25) is 9.48 Å². The molecule has 0 bridgehead atoms. The van der Waals surface area contributed by atoms with Gasteiger partial charge in [-0.05, 0) is 18.2 Å². The zero-order valence-corrected chi connectivity index (χ0v) is 10.5. The third kappa shape index (κ3) is 3.00. The lowest BCUT2D eigenvalue weighted by Crippen LogP contribution is -2.27. The van der Waals surface area contributed by atoms with Crippen LogP contribution in [0, 0.1) is 12.3 Å². The van der Waals surface area contributed by atoms with Gasteiger partial charge in [0.25, 0.3) is 0 Å². The number of anilines is 1. The smallest absolute Gasteiger partial charge is 0.246 e. The van der Waals surface area contributed by atoms with Crippen molar-refractivity contribution in [1.29, 1.82) is 0 Å². The number of carbonyl (C=O) groups excluding carboxylic acids is 1. The van der Waals surface area contributed by atoms with Crippen molar-refractivity contribution in [3.05, 3.63) is 47.8 Å². The Bertz CT molecular complexity index is 639. The summed E-state index contributed by atoms with van der Waals surface area (Å²) < 4.78 is 1.60. The highest BCUT2D eigenvalue weighted by atomic mass is 16.2. The first-order chi connectivity index (χ1) is 9.10. The van der Waals surface area contributed by atoms with E-state index in [4.69, 9.17) is 12.2 Å². The van der Waals surface area contributed by atoms with Crippen molar-refractivity contribution in [2.45, 2.75) is 6.04 Å². The molecule has 0 fully saturated rings. The van der Waals surface area contributed by atoms with E-state index in [1.165, 1.54) is 0 Å². The molecule has 0 aliphatic heterocycles. The molecule has 5 heteroatoms. The second-order valence-corrected chi connectivity index (χ2v) is 4.14. The average Bonchev–Trinajstić information content (AvgIpc) is 2.84. The van der Waals surface area contributed by atoms with Gasteiger partial charge in [-0.2, -0.15) is 5.10 Å². The summed E-state index contributed by atoms with van der Waals surface area (Å²) in [4.78, 5) is 12.0. The molecule has 2 rings (SSSR count). The van der Waals surface area contributed by atoms with E-state index < -0.39 is 6.04 Å². The van der Waals surface area contributed by atoms with Crippen LogP contribution in [-0.2, 0) is 11.8 Å². The highest BCUT2D eigenvalue weighted by Crippen LogP contribution is 2.14. The molecule has 0 aliphatic rings. The van der Waals surface area contributed by atoms with Crippen LogP contribution in [0.2, 0.25) is 0 Å². The van der Waals surface area contributed by atoms with Crippen molar-refractivity contribution in [2.75, 3.05) is 5.32 Å². The monoisotopic (exact) mass is 254 g/mol. The SMILES string of the molecule is C#Cc1cccc(NC(=O)C(N)c2cnn(C)c2)c1. The fourth-order valence-corrected chi connectivity index (χ4v) is 1.66. The van der Waals surface area contributed by atoms with Gasteiger partial charge >= 0.3 is 0 Å². The highest BCUT2D eigenvalue weighted by molar-refractivity contribution is 5.95. The largest absolute Gasteiger partial charge is 0.324 e. The second-order valence-electron chi connectivity index (χ2n) is 4.14. The fourth-order valence-electron chi connectivity index (χ4n) is 1.66. The number of nitrogens with two attached hydrogens (primary N) is 1. The molecule has 1 atom stereocenters. The van der Waals surface area contributed by atoms with E-state index in [9.17, 15) is 4.79 Å². The number of amides is 1. The zero-order valence-electron chi connectivity index (χ0n) is 10.5. The quantitative estimate of drug-likeness (QED) is 0.804. The first-order valence-electron chi connectivity index (χ1n) is 5.72. The number of nitrogens with one attached hydrogen (secondary N) is 1. The highest BCUT2D eigenvalue weighted by Gasteiger charge is 2.17. The maximum absolute atomic E-state index is 12.0. The Morgan fingerprint density at radius 2 is 2.37 bits per heavy atom. The second kappa shape index (κ2) is 5.38. The summed E-state index contributed by atoms with van der Waals surface area (Å²) in [5.41, 5.74) is 7.85. The number of aryl methyl sites for hydroxylation is 1. The van der Waals surface area contributed by atoms with Crippen LogP contribution in [0.4, 0.5) is 5.69 Å². The maximum Gasteiger partial charge on any atom is 0.246 e. The van der Waals surface area contributed by atoms with Gasteiger partial charge in [-0.1, -0.05) is 12.0 Å². The average molecular weight is 254 g/mol. The molecule has 5 nitrogen and oxygen atoms in total. The van der Waals surface area contributed by atoms with Gasteiger partial charge in [0.2, 0.25) is 5.91 Å². The normalized spacial score (nSPS) is 11.6. The van der Waals surface area contributed by atoms with Gasteiger partial charge in [0.05, 0.1) is 6.20 Å². The van der Waals surface area contributed by atoms with Crippen molar-refractivity contribution < 1.29 is 4.79 Å². The van der Waals surface area contributed by atoms with E-state index in [2.05, 4.69) is 16.3 Å². The van der Waals surface area contributed by atoms with Gasteiger partial charge in [0, 0.05) is 30.1 Å². The minimum absolute atomic E-state index is 0.304. The molecule has 1 heterocycles. The Kier molecular flexibility index (Phi) is 3.64. The van der Waals surface area contributed by atoms with Gasteiger partial charge < -0.3 is 11.1 Å². The lowest BCUT2D eigenvalue weighted by atomic mass is 10.1. The number of carbonyl (C=O) groups is 1. The van der Waals surface area contributed by atoms with Crippen LogP contribution in [-0.4, -0.2) is 15.7 Å². The fraction of sp³-hybridized carbons (Fsp3) is 0.143. The van der Waals surface area contributed by atoms with E-state index in [-0.39, 0.29) is 5.91 Å². The molecule has 1 aromatic heterocycles. The van der Waals surface area contributed by atoms with Crippen molar-refractivity contribution in [3.8, 4) is 12.3 Å². The molecular formula is C14H14N4O. The Morgan fingerprint density at radius 3 is 3.00 bits per heavy atom. The molecule has 0 aliphatic carbocycles. The van der Waals surface area contributed by atoms with E-state index in [0.29, 0.717) is 16.8 Å². The summed E-state index contributed by atoms with van der Waals surface area (Å²) in [5.74, 6) is 2.21. The Morgan fingerprint density at radius 1 is 1.58 bits per heavy atom. The molecule has 2 aromatic rings. The van der Waals surface area contributed by atoms with Crippen molar-refractivity contribution >= 4 is 11.6 Å². The van der Waals surface area contributed by atoms with Gasteiger partial charge in [0.15, 0.2) is 0 Å². The van der Waals surface area contributed by atoms with E-state index >= 15 is 0 Å². The summed E-state index contributed by atoms with van der Waals surface area (Å²) in [7, 11) is 1.77. The number of hydrogen-bond acceptors (Lipinski definition) is 3. The van der Waals surface area contributed by atoms with E-state index in [0.717, 1.165) is 0 Å². The standard InChI is InChI=1S/C14H14N4O/c1-3-10-5-4-6-12(7-10)17-14(19)13(15)11-8-16-18(2)9-11/h1,4-9,13H,15H2,2H3,(H,17,19). The third-order valence-corrected chi connectivity index (χ3v) is 2.66. The predicted molar refractivity (Wildman–Crippen MR) is 73.1 cm³/mol. The summed E-state index contributed by atoms with van der Waals surface area (Å²) in [5, 5.41) is 6.71. The van der Waals surface area contributed by atoms with Crippen LogP contribution in [0.5, 0.6) is 0 Å². The Hall–Kier alpha value is -2.58. The predicted octanol–water partition coefficient (Wildman–Crippen LogP) is 1.04. The first kappa shape index (κ1) is 12.9. The Balaban J connectivity index is 2.10. The number of terminal acetylenes is 1. The number of hydrogen-bond donors (Lipinski definition) is 2. The summed E-state index contributed by atoms with van der Waals surface area (Å²) in [6, 6.07) is 6.28. The van der Waals surface area contributed by atoms with Crippen molar-refractivity contribution in [3.63, 3.8) is 0 Å². The molecule has 0 spiro atoms. The molecular weight excluding hydrogens is 240 g/mol. The molecule has 0 radical (unpaired) electrons. The van der Waals surface area contributed by atoms with Crippen LogP contribution < -0.4 is 11.1 Å². The van der Waals surface area contributed by atoms with Crippen LogP contribution in [0.25, 0.3) is 0 Å². The number of nitrogens with zero attached hydrogens (tertiary/aromatic N) is 2. The molecule has 0 saturated carbocycles. The number of rotatable bonds is 3. The van der Waals surface area contributed by atoms with Crippen molar-refractivity contribution in [2.24, 2.45) is 12.8 Å². The molecule has 0 saturated heterocycles. The van der Waals surface area contributed by atoms with Crippen molar-refractivity contribution in [1.82, 2.24) is 9.78 Å². The van der Waals surface area contributed by atoms with E-state index in [1.54, 1.807) is 48.4 Å². The number of benzene rings is 1. The lowest BCUT2D eigenvalue weighted by Gasteiger charge is -2.10. The topological polar surface area (TPSA) is 72.9 Å². The first-order valence-corrected chi connectivity index (χ1v) is 5.72. The minimum atomic E-state index is -0.761. The molecule has 1 amide bonds. The lowest BCUT2D eigenvalue weighted by molar-refractivity contribution is -0.117. The van der Waals surface area contributed by atoms with E-state index in [1.807, 2.05) is 0 Å². The molecule has 3 N–H and O–H groups in total. The summed E-state index contributed by atoms with van der Waals surface area (Å²) in [6.45, 7) is 0. The van der Waals surface area contributed by atoms with Gasteiger partial charge in [-0.25, -0.2) is 0 Å². The number of aromatic nitrogens is 2. The van der Waals surface area contributed by atoms with Crippen LogP contribution in [0.1, 0.15) is 17.2 Å². The molecule has 1 unspecified atom stereocenters. The molecule has 96 valence electrons. The van der Waals surface area contributed by atoms with Gasteiger partial charge in [0.1, 0.15) is 6.04 Å². The van der Waals surface area contributed by atoms with Gasteiger partial charge in [-0.15, -0.1) is 6.42 Å². The van der Waals surface area contributed by atoms with Crippen LogP contribution in [0.3, 0.4) is 0 Å². The zero-order chi connectivity index (χ0) is 13.8. The Labute approximate surface area is 111 Å². The molecule has 1 aromatic carbocycles. The minimum Gasteiger partial charge on any atom is -0.324 e. The molecule has 19 heavy (non-hydrogen) atoms. The van der Waals surface area contributed by atoms with Crippen LogP contribution >= 0.6 is 0 Å². The third-order valence-electron chi connectivity index (χ3n) is 2.66. The summed E-state index contributed by atoms with van der Waals surface area (Å²) in [6.07, 6.45) is 8.59. The maximum atomic E-state index is 12.0.